The van der Waals surface area contributed by atoms with Crippen LogP contribution in [0.15, 0.2) is 12.1 Å². The predicted molar refractivity (Wildman–Crippen MR) is 70.6 cm³/mol. The van der Waals surface area contributed by atoms with E-state index in [1.54, 1.807) is 14.2 Å². The quantitative estimate of drug-likeness (QED) is 0.835. The fourth-order valence-electron chi connectivity index (χ4n) is 2.26. The molecule has 0 radical (unpaired) electrons. The van der Waals surface area contributed by atoms with Crippen LogP contribution in [-0.4, -0.2) is 33.2 Å². The van der Waals surface area contributed by atoms with E-state index in [1.165, 1.54) is 5.56 Å². The van der Waals surface area contributed by atoms with Crippen molar-refractivity contribution in [1.29, 1.82) is 0 Å². The van der Waals surface area contributed by atoms with Crippen LogP contribution in [-0.2, 0) is 10.2 Å². The molecular formula is C13H18O3S. The van der Waals surface area contributed by atoms with Crippen molar-refractivity contribution in [3.05, 3.63) is 23.3 Å². The van der Waals surface area contributed by atoms with Gasteiger partial charge >= 0.3 is 0 Å². The lowest BCUT2D eigenvalue weighted by atomic mass is 9.79. The minimum atomic E-state index is -0.00845. The summed E-state index contributed by atoms with van der Waals surface area (Å²) in [6.07, 6.45) is 0. The number of hydrogen-bond donors (Lipinski definition) is 1. The van der Waals surface area contributed by atoms with E-state index in [4.69, 9.17) is 14.2 Å². The first-order chi connectivity index (χ1) is 8.18. The molecule has 0 bridgehead atoms. The zero-order valence-electron chi connectivity index (χ0n) is 10.4. The van der Waals surface area contributed by atoms with Gasteiger partial charge in [0.2, 0.25) is 0 Å². The Morgan fingerprint density at radius 3 is 2.41 bits per heavy atom. The average Bonchev–Trinajstić information content (AvgIpc) is 2.29. The van der Waals surface area contributed by atoms with Gasteiger partial charge < -0.3 is 14.2 Å². The molecule has 1 aromatic rings. The standard InChI is InChI=1S/C13H18O3S/c1-9-11(14-2)5-4-10(12(9)15-3)13(8-17)6-16-7-13/h4-5,17H,6-8H2,1-3H3. The third-order valence-electron chi connectivity index (χ3n) is 3.41. The fourth-order valence-corrected chi connectivity index (χ4v) is 2.61. The topological polar surface area (TPSA) is 27.7 Å². The summed E-state index contributed by atoms with van der Waals surface area (Å²) in [4.78, 5) is 0. The molecular weight excluding hydrogens is 236 g/mol. The molecule has 1 aliphatic heterocycles. The molecule has 1 fully saturated rings. The molecule has 1 heterocycles. The normalized spacial score (nSPS) is 17.4. The molecule has 0 saturated carbocycles. The highest BCUT2D eigenvalue weighted by Gasteiger charge is 2.41. The Morgan fingerprint density at radius 2 is 2.00 bits per heavy atom. The van der Waals surface area contributed by atoms with Gasteiger partial charge in [-0.05, 0) is 13.0 Å². The summed E-state index contributed by atoms with van der Waals surface area (Å²) in [6.45, 7) is 3.42. The molecule has 4 heteroatoms. The van der Waals surface area contributed by atoms with Gasteiger partial charge in [0, 0.05) is 16.9 Å². The van der Waals surface area contributed by atoms with E-state index in [2.05, 4.69) is 18.7 Å². The first-order valence-electron chi connectivity index (χ1n) is 5.59. The van der Waals surface area contributed by atoms with Crippen molar-refractivity contribution in [2.75, 3.05) is 33.2 Å². The minimum absolute atomic E-state index is 0.00845. The summed E-state index contributed by atoms with van der Waals surface area (Å²) in [5.41, 5.74) is 2.19. The van der Waals surface area contributed by atoms with Crippen LogP contribution in [0.3, 0.4) is 0 Å². The number of thiol groups is 1. The first kappa shape index (κ1) is 12.6. The maximum atomic E-state index is 5.53. The van der Waals surface area contributed by atoms with Crippen LogP contribution >= 0.6 is 12.6 Å². The van der Waals surface area contributed by atoms with Crippen LogP contribution in [0.25, 0.3) is 0 Å². The van der Waals surface area contributed by atoms with E-state index in [-0.39, 0.29) is 5.41 Å². The highest BCUT2D eigenvalue weighted by molar-refractivity contribution is 7.80. The highest BCUT2D eigenvalue weighted by Crippen LogP contribution is 2.42. The maximum Gasteiger partial charge on any atom is 0.129 e. The molecule has 3 nitrogen and oxygen atoms in total. The van der Waals surface area contributed by atoms with E-state index in [0.29, 0.717) is 13.2 Å². The Labute approximate surface area is 107 Å². The van der Waals surface area contributed by atoms with Gasteiger partial charge in [0.05, 0.1) is 32.8 Å². The SMILES string of the molecule is COc1ccc(C2(CS)COC2)c(OC)c1C. The molecule has 1 aromatic carbocycles. The third-order valence-corrected chi connectivity index (χ3v) is 4.02. The second kappa shape index (κ2) is 4.78. The fraction of sp³-hybridized carbons (Fsp3) is 0.538. The van der Waals surface area contributed by atoms with Gasteiger partial charge in [-0.2, -0.15) is 12.6 Å². The van der Waals surface area contributed by atoms with Gasteiger partial charge in [-0.3, -0.25) is 0 Å². The third kappa shape index (κ3) is 1.89. The van der Waals surface area contributed by atoms with Crippen molar-refractivity contribution < 1.29 is 14.2 Å². The monoisotopic (exact) mass is 254 g/mol. The molecule has 2 rings (SSSR count). The number of ether oxygens (including phenoxy) is 3. The summed E-state index contributed by atoms with van der Waals surface area (Å²) in [5.74, 6) is 2.50. The van der Waals surface area contributed by atoms with E-state index in [9.17, 15) is 0 Å². The van der Waals surface area contributed by atoms with E-state index in [1.807, 2.05) is 13.0 Å². The van der Waals surface area contributed by atoms with Crippen molar-refractivity contribution in [1.82, 2.24) is 0 Å². The largest absolute Gasteiger partial charge is 0.496 e. The van der Waals surface area contributed by atoms with Crippen LogP contribution in [0, 0.1) is 6.92 Å². The number of hydrogen-bond acceptors (Lipinski definition) is 4. The Bertz CT molecular complexity index is 408. The van der Waals surface area contributed by atoms with E-state index < -0.39 is 0 Å². The van der Waals surface area contributed by atoms with Crippen LogP contribution in [0.1, 0.15) is 11.1 Å². The second-order valence-electron chi connectivity index (χ2n) is 4.40. The number of benzene rings is 1. The summed E-state index contributed by atoms with van der Waals surface area (Å²) in [7, 11) is 3.36. The van der Waals surface area contributed by atoms with Crippen LogP contribution < -0.4 is 9.47 Å². The zero-order chi connectivity index (χ0) is 12.5. The second-order valence-corrected chi connectivity index (χ2v) is 4.72. The minimum Gasteiger partial charge on any atom is -0.496 e. The van der Waals surface area contributed by atoms with Gasteiger partial charge in [-0.15, -0.1) is 0 Å². The average molecular weight is 254 g/mol. The Kier molecular flexibility index (Phi) is 3.54. The molecule has 0 unspecified atom stereocenters. The molecule has 1 saturated heterocycles. The van der Waals surface area contributed by atoms with Gasteiger partial charge in [0.25, 0.3) is 0 Å². The predicted octanol–water partition coefficient (Wildman–Crippen LogP) is 2.21. The Hall–Kier alpha value is -0.870. The van der Waals surface area contributed by atoms with Crippen molar-refractivity contribution in [2.45, 2.75) is 12.3 Å². The van der Waals surface area contributed by atoms with E-state index >= 15 is 0 Å². The Balaban J connectivity index is 2.51. The lowest BCUT2D eigenvalue weighted by molar-refractivity contribution is -0.0480. The smallest absolute Gasteiger partial charge is 0.129 e. The molecule has 0 aromatic heterocycles. The molecule has 1 aliphatic rings. The molecule has 0 amide bonds. The zero-order valence-corrected chi connectivity index (χ0v) is 11.3. The molecule has 0 atom stereocenters. The summed E-state index contributed by atoms with van der Waals surface area (Å²) in [6, 6.07) is 4.04. The van der Waals surface area contributed by atoms with Crippen LogP contribution in [0.4, 0.5) is 0 Å². The number of methoxy groups -OCH3 is 2. The van der Waals surface area contributed by atoms with Crippen molar-refractivity contribution in [2.24, 2.45) is 0 Å². The molecule has 0 aliphatic carbocycles. The van der Waals surface area contributed by atoms with Crippen LogP contribution in [0.5, 0.6) is 11.5 Å². The lowest BCUT2D eigenvalue weighted by Crippen LogP contribution is -2.48. The van der Waals surface area contributed by atoms with Gasteiger partial charge in [0.1, 0.15) is 11.5 Å². The van der Waals surface area contributed by atoms with Gasteiger partial charge in [-0.1, -0.05) is 6.07 Å². The maximum absolute atomic E-state index is 5.53. The Morgan fingerprint density at radius 1 is 1.29 bits per heavy atom. The van der Waals surface area contributed by atoms with E-state index in [0.717, 1.165) is 22.8 Å². The van der Waals surface area contributed by atoms with Crippen LogP contribution in [0.2, 0.25) is 0 Å². The van der Waals surface area contributed by atoms with Gasteiger partial charge in [-0.25, -0.2) is 0 Å². The molecule has 0 spiro atoms. The summed E-state index contributed by atoms with van der Waals surface area (Å²) >= 11 is 4.45. The summed E-state index contributed by atoms with van der Waals surface area (Å²) in [5, 5.41) is 0. The molecule has 0 N–H and O–H groups in total. The van der Waals surface area contributed by atoms with Crippen molar-refractivity contribution >= 4 is 12.6 Å². The first-order valence-corrected chi connectivity index (χ1v) is 6.22. The molecule has 94 valence electrons. The number of rotatable bonds is 4. The highest BCUT2D eigenvalue weighted by atomic mass is 32.1. The summed E-state index contributed by atoms with van der Waals surface area (Å²) < 4.78 is 16.2. The van der Waals surface area contributed by atoms with Crippen molar-refractivity contribution in [3.8, 4) is 11.5 Å². The lowest BCUT2D eigenvalue weighted by Gasteiger charge is -2.41. The molecule has 17 heavy (non-hydrogen) atoms. The van der Waals surface area contributed by atoms with Gasteiger partial charge in [0.15, 0.2) is 0 Å². The van der Waals surface area contributed by atoms with Crippen molar-refractivity contribution in [3.63, 3.8) is 0 Å².